The Labute approximate surface area is 151 Å². The van der Waals surface area contributed by atoms with Gasteiger partial charge in [-0.25, -0.2) is 0 Å². The Morgan fingerprint density at radius 2 is 1.52 bits per heavy atom. The second kappa shape index (κ2) is 6.79. The quantitative estimate of drug-likeness (QED) is 0.541. The van der Waals surface area contributed by atoms with Gasteiger partial charge in [0.2, 0.25) is 0 Å². The normalized spacial score (nSPS) is 29.4. The van der Waals surface area contributed by atoms with Gasteiger partial charge in [-0.1, -0.05) is 25.7 Å². The van der Waals surface area contributed by atoms with Crippen molar-refractivity contribution in [1.29, 1.82) is 0 Å². The van der Waals surface area contributed by atoms with E-state index in [9.17, 15) is 9.59 Å². The molecule has 0 atom stereocenters. The van der Waals surface area contributed by atoms with E-state index in [2.05, 4.69) is 18.8 Å². The number of carbonyl (C=O) groups excluding carboxylic acids is 2. The lowest BCUT2D eigenvalue weighted by atomic mass is 9.59. The van der Waals surface area contributed by atoms with Crippen LogP contribution in [0.15, 0.2) is 12.1 Å². The lowest BCUT2D eigenvalue weighted by Crippen LogP contribution is -2.41. The summed E-state index contributed by atoms with van der Waals surface area (Å²) in [5.74, 6) is 6.41. The van der Waals surface area contributed by atoms with Crippen molar-refractivity contribution >= 4 is 11.6 Å². The molecule has 25 heavy (non-hydrogen) atoms. The maximum absolute atomic E-state index is 13.0. The molecule has 0 aliphatic heterocycles. The third kappa shape index (κ3) is 3.43. The summed E-state index contributed by atoms with van der Waals surface area (Å²) < 4.78 is 0. The Bertz CT molecular complexity index is 724. The molecule has 132 valence electrons. The van der Waals surface area contributed by atoms with Crippen LogP contribution in [-0.2, 0) is 9.59 Å². The molecule has 0 heterocycles. The Hall–Kier alpha value is -1.88. The number of hydrogen-bond donors (Lipinski definition) is 0. The van der Waals surface area contributed by atoms with Crippen LogP contribution in [-0.4, -0.2) is 11.6 Å². The van der Waals surface area contributed by atoms with Crippen LogP contribution < -0.4 is 0 Å². The largest absolute Gasteiger partial charge is 0.299 e. The molecule has 1 spiro atoms. The highest BCUT2D eigenvalue weighted by Crippen LogP contribution is 2.49. The first kappa shape index (κ1) is 17.9. The summed E-state index contributed by atoms with van der Waals surface area (Å²) in [7, 11) is 0. The lowest BCUT2D eigenvalue weighted by molar-refractivity contribution is -0.138. The Kier molecular flexibility index (Phi) is 4.87. The van der Waals surface area contributed by atoms with Crippen molar-refractivity contribution in [3.63, 3.8) is 0 Å². The third-order valence-corrected chi connectivity index (χ3v) is 6.23. The highest BCUT2D eigenvalue weighted by Gasteiger charge is 2.47. The van der Waals surface area contributed by atoms with Gasteiger partial charge in [0, 0.05) is 18.4 Å². The van der Waals surface area contributed by atoms with Crippen LogP contribution in [0.2, 0.25) is 0 Å². The Morgan fingerprint density at radius 1 is 1.00 bits per heavy atom. The van der Waals surface area contributed by atoms with Crippen molar-refractivity contribution in [1.82, 2.24) is 0 Å². The highest BCUT2D eigenvalue weighted by atomic mass is 16.2. The zero-order chi connectivity index (χ0) is 18.2. The molecule has 2 saturated carbocycles. The highest BCUT2D eigenvalue weighted by molar-refractivity contribution is 6.10. The molecule has 2 aliphatic carbocycles. The lowest BCUT2D eigenvalue weighted by Gasteiger charge is -2.43. The Balaban J connectivity index is 1.91. The molecule has 2 heteroatoms. The first-order chi connectivity index (χ1) is 11.8. The van der Waals surface area contributed by atoms with Gasteiger partial charge in [0.05, 0.1) is 0 Å². The maximum atomic E-state index is 13.0. The maximum Gasteiger partial charge on any atom is 0.148 e. The standard InChI is InChI=1S/C23H28O2/c1-5-6-18-11-16(3)21(17(4)12-18)22-19(24)13-23(14-20(22)25)9-7-15(2)8-10-23/h11-12,15,22H,7-10,13-14H2,1-4H3. The van der Waals surface area contributed by atoms with Crippen LogP contribution >= 0.6 is 0 Å². The summed E-state index contributed by atoms with van der Waals surface area (Å²) >= 11 is 0. The summed E-state index contributed by atoms with van der Waals surface area (Å²) in [5, 5.41) is 0. The Morgan fingerprint density at radius 3 is 2.00 bits per heavy atom. The van der Waals surface area contributed by atoms with Crippen molar-refractivity contribution in [2.75, 3.05) is 0 Å². The SMILES string of the molecule is CC#Cc1cc(C)c(C2C(=O)CC3(CCC(C)CC3)CC2=O)c(C)c1. The molecule has 2 nitrogen and oxygen atoms in total. The van der Waals surface area contributed by atoms with E-state index < -0.39 is 5.92 Å². The second-order valence-electron chi connectivity index (χ2n) is 8.30. The summed E-state index contributed by atoms with van der Waals surface area (Å²) in [4.78, 5) is 26.1. The van der Waals surface area contributed by atoms with E-state index in [1.807, 2.05) is 32.9 Å². The number of rotatable bonds is 1. The minimum atomic E-state index is -0.561. The minimum Gasteiger partial charge on any atom is -0.299 e. The molecule has 0 N–H and O–H groups in total. The predicted molar refractivity (Wildman–Crippen MR) is 101 cm³/mol. The molecule has 0 bridgehead atoms. The van der Waals surface area contributed by atoms with E-state index in [1.54, 1.807) is 0 Å². The average Bonchev–Trinajstić information content (AvgIpc) is 2.53. The van der Waals surface area contributed by atoms with E-state index in [0.29, 0.717) is 12.8 Å². The van der Waals surface area contributed by atoms with Crippen molar-refractivity contribution in [2.45, 2.75) is 72.1 Å². The van der Waals surface area contributed by atoms with Crippen LogP contribution in [0, 0.1) is 37.0 Å². The number of benzene rings is 1. The van der Waals surface area contributed by atoms with E-state index in [4.69, 9.17) is 0 Å². The number of hydrogen-bond acceptors (Lipinski definition) is 2. The number of carbonyl (C=O) groups is 2. The summed E-state index contributed by atoms with van der Waals surface area (Å²) in [6.07, 6.45) is 5.50. The van der Waals surface area contributed by atoms with Gasteiger partial charge in [-0.05, 0) is 73.8 Å². The van der Waals surface area contributed by atoms with Crippen LogP contribution in [0.4, 0.5) is 0 Å². The molecule has 0 saturated heterocycles. The molecule has 2 fully saturated rings. The zero-order valence-electron chi connectivity index (χ0n) is 15.9. The summed E-state index contributed by atoms with van der Waals surface area (Å²) in [6.45, 7) is 8.08. The van der Waals surface area contributed by atoms with Gasteiger partial charge in [-0.3, -0.25) is 9.59 Å². The fourth-order valence-corrected chi connectivity index (χ4v) is 4.88. The number of aryl methyl sites for hydroxylation is 2. The molecule has 1 aromatic carbocycles. The van der Waals surface area contributed by atoms with Gasteiger partial charge in [0.25, 0.3) is 0 Å². The minimum absolute atomic E-state index is 0.0490. The smallest absolute Gasteiger partial charge is 0.148 e. The van der Waals surface area contributed by atoms with Crippen molar-refractivity contribution < 1.29 is 9.59 Å². The van der Waals surface area contributed by atoms with Crippen LogP contribution in [0.1, 0.15) is 80.5 Å². The molecular weight excluding hydrogens is 308 g/mol. The van der Waals surface area contributed by atoms with Crippen molar-refractivity contribution in [3.05, 3.63) is 34.4 Å². The van der Waals surface area contributed by atoms with E-state index >= 15 is 0 Å². The van der Waals surface area contributed by atoms with E-state index in [0.717, 1.165) is 53.9 Å². The first-order valence-electron chi connectivity index (χ1n) is 9.44. The van der Waals surface area contributed by atoms with Crippen LogP contribution in [0.5, 0.6) is 0 Å². The molecule has 0 amide bonds. The fourth-order valence-electron chi connectivity index (χ4n) is 4.88. The monoisotopic (exact) mass is 336 g/mol. The van der Waals surface area contributed by atoms with Gasteiger partial charge in [-0.15, -0.1) is 5.92 Å². The summed E-state index contributed by atoms with van der Waals surface area (Å²) in [6, 6.07) is 4.01. The van der Waals surface area contributed by atoms with Crippen LogP contribution in [0.3, 0.4) is 0 Å². The van der Waals surface area contributed by atoms with E-state index in [-0.39, 0.29) is 17.0 Å². The zero-order valence-corrected chi connectivity index (χ0v) is 15.9. The second-order valence-corrected chi connectivity index (χ2v) is 8.30. The first-order valence-corrected chi connectivity index (χ1v) is 9.44. The molecule has 2 aliphatic rings. The molecule has 0 aromatic heterocycles. The molecule has 0 radical (unpaired) electrons. The molecule has 3 rings (SSSR count). The van der Waals surface area contributed by atoms with Gasteiger partial charge in [0.1, 0.15) is 17.5 Å². The third-order valence-electron chi connectivity index (χ3n) is 6.23. The molecule has 0 unspecified atom stereocenters. The fraction of sp³-hybridized carbons (Fsp3) is 0.565. The number of ketones is 2. The van der Waals surface area contributed by atoms with Gasteiger partial charge in [0.15, 0.2) is 0 Å². The van der Waals surface area contributed by atoms with Gasteiger partial charge < -0.3 is 0 Å². The average molecular weight is 336 g/mol. The predicted octanol–water partition coefficient (Wildman–Crippen LogP) is 4.89. The van der Waals surface area contributed by atoms with Crippen LogP contribution in [0.25, 0.3) is 0 Å². The van der Waals surface area contributed by atoms with Crippen molar-refractivity contribution in [2.24, 2.45) is 11.3 Å². The number of Topliss-reactive ketones (excluding diaryl/α,β-unsaturated/α-hetero) is 2. The summed E-state index contributed by atoms with van der Waals surface area (Å²) in [5.41, 5.74) is 3.85. The van der Waals surface area contributed by atoms with E-state index in [1.165, 1.54) is 0 Å². The molecule has 1 aromatic rings. The van der Waals surface area contributed by atoms with Gasteiger partial charge >= 0.3 is 0 Å². The molecular formula is C23H28O2. The van der Waals surface area contributed by atoms with Crippen molar-refractivity contribution in [3.8, 4) is 11.8 Å². The topological polar surface area (TPSA) is 34.1 Å². The van der Waals surface area contributed by atoms with Gasteiger partial charge in [-0.2, -0.15) is 0 Å².